The molecule has 76 valence electrons. The van der Waals surface area contributed by atoms with Crippen molar-refractivity contribution in [1.82, 2.24) is 5.43 Å². The molecule has 0 saturated heterocycles. The van der Waals surface area contributed by atoms with Crippen molar-refractivity contribution in [2.45, 2.75) is 12.8 Å². The number of nitrogens with two attached hydrogens (primary N) is 4. The van der Waals surface area contributed by atoms with E-state index >= 15 is 0 Å². The number of nitrogens with one attached hydrogen (secondary N) is 1. The summed E-state index contributed by atoms with van der Waals surface area (Å²) in [7, 11) is 0. The zero-order valence-electron chi connectivity index (χ0n) is 7.53. The van der Waals surface area contributed by atoms with Gasteiger partial charge in [-0.1, -0.05) is 0 Å². The van der Waals surface area contributed by atoms with Gasteiger partial charge in [-0.2, -0.15) is 0 Å². The van der Waals surface area contributed by atoms with E-state index in [0.29, 0.717) is 13.1 Å². The van der Waals surface area contributed by atoms with Crippen molar-refractivity contribution >= 4 is 11.9 Å². The van der Waals surface area contributed by atoms with E-state index in [1.165, 1.54) is 0 Å². The van der Waals surface area contributed by atoms with E-state index in [1.54, 1.807) is 0 Å². The van der Waals surface area contributed by atoms with Crippen molar-refractivity contribution in [2.24, 2.45) is 33.0 Å². The lowest BCUT2D eigenvalue weighted by Gasteiger charge is -1.99. The minimum Gasteiger partial charge on any atom is -0.369 e. The molecule has 0 fully saturated rings. The molecule has 13 heavy (non-hydrogen) atoms. The normalized spacial score (nSPS) is 11.0. The molecule has 7 heteroatoms. The summed E-state index contributed by atoms with van der Waals surface area (Å²) < 4.78 is 0. The van der Waals surface area contributed by atoms with Gasteiger partial charge >= 0.3 is 0 Å². The SMILES string of the molecule is NCCCCN=C(N)NN=[14C](N)N. The monoisotopic (exact) mass is 189 g/mol. The predicted molar refractivity (Wildman–Crippen MR) is 53.7 cm³/mol. The fourth-order valence-corrected chi connectivity index (χ4v) is 0.613. The van der Waals surface area contributed by atoms with Crippen LogP contribution in [0.25, 0.3) is 0 Å². The van der Waals surface area contributed by atoms with Gasteiger partial charge in [0.15, 0.2) is 0 Å². The molecule has 0 bridgehead atoms. The first-order chi connectivity index (χ1) is 6.16. The molecule has 0 saturated carbocycles. The van der Waals surface area contributed by atoms with Crippen LogP contribution in [0.4, 0.5) is 0 Å². The summed E-state index contributed by atoms with van der Waals surface area (Å²) >= 11 is 0. The summed E-state index contributed by atoms with van der Waals surface area (Å²) in [6.45, 7) is 1.28. The Bertz CT molecular complexity index is 181. The Balaban J connectivity index is 3.57. The molecule has 0 unspecified atom stereocenters. The van der Waals surface area contributed by atoms with E-state index in [4.69, 9.17) is 22.9 Å². The first-order valence-corrected chi connectivity index (χ1v) is 4.01. The number of hydrogen-bond acceptors (Lipinski definition) is 3. The Kier molecular flexibility index (Phi) is 6.34. The van der Waals surface area contributed by atoms with Gasteiger partial charge in [-0.15, -0.1) is 5.10 Å². The smallest absolute Gasteiger partial charge is 0.209 e. The van der Waals surface area contributed by atoms with Gasteiger partial charge in [0, 0.05) is 6.54 Å². The average molecular weight is 189 g/mol. The predicted octanol–water partition coefficient (Wildman–Crippen LogP) is -2.18. The van der Waals surface area contributed by atoms with Gasteiger partial charge in [-0.3, -0.25) is 4.99 Å². The Hall–Kier alpha value is -1.50. The second-order valence-electron chi connectivity index (χ2n) is 2.41. The zero-order valence-corrected chi connectivity index (χ0v) is 7.53. The molecule has 9 N–H and O–H groups in total. The standard InChI is InChI=1S/C6H17N7/c7-3-1-2-4-11-6(10)13-12-5(8)9/h1-4,7H2,(H4,8,9,12)(H3,10,11,13)/i5+2. The number of aliphatic imine (C=N–C) groups is 1. The number of nitrogens with zero attached hydrogens (tertiary/aromatic N) is 2. The van der Waals surface area contributed by atoms with Crippen LogP contribution in [0.1, 0.15) is 12.8 Å². The maximum atomic E-state index is 5.39. The van der Waals surface area contributed by atoms with Gasteiger partial charge in [0.2, 0.25) is 11.9 Å². The third kappa shape index (κ3) is 8.41. The molecule has 0 aromatic heterocycles. The van der Waals surface area contributed by atoms with Gasteiger partial charge < -0.3 is 22.9 Å². The molecule has 0 aliphatic heterocycles. The van der Waals surface area contributed by atoms with Gasteiger partial charge in [0.1, 0.15) is 0 Å². The maximum absolute atomic E-state index is 5.39. The highest BCUT2D eigenvalue weighted by molar-refractivity contribution is 5.81. The van der Waals surface area contributed by atoms with E-state index in [9.17, 15) is 0 Å². The van der Waals surface area contributed by atoms with Gasteiger partial charge in [-0.05, 0) is 19.4 Å². The van der Waals surface area contributed by atoms with Gasteiger partial charge in [-0.25, -0.2) is 5.43 Å². The number of unbranched alkanes of at least 4 members (excludes halogenated alkanes) is 1. The quantitative estimate of drug-likeness (QED) is 0.145. The lowest BCUT2D eigenvalue weighted by Crippen LogP contribution is -2.33. The van der Waals surface area contributed by atoms with Crippen molar-refractivity contribution < 1.29 is 0 Å². The number of guanidine groups is 2. The van der Waals surface area contributed by atoms with Crippen LogP contribution in [0, 0.1) is 0 Å². The summed E-state index contributed by atoms with van der Waals surface area (Å²) in [5, 5.41) is 3.47. The molecular formula is C6H17N7. The van der Waals surface area contributed by atoms with Crippen LogP contribution >= 0.6 is 0 Å². The van der Waals surface area contributed by atoms with Crippen LogP contribution in [0.3, 0.4) is 0 Å². The van der Waals surface area contributed by atoms with Crippen molar-refractivity contribution in [3.8, 4) is 0 Å². The molecular weight excluding hydrogens is 172 g/mol. The Labute approximate surface area is 77.2 Å². The Morgan fingerprint density at radius 3 is 2.54 bits per heavy atom. The van der Waals surface area contributed by atoms with Crippen molar-refractivity contribution in [3.05, 3.63) is 0 Å². The first-order valence-electron chi connectivity index (χ1n) is 4.01. The highest BCUT2D eigenvalue weighted by Gasteiger charge is 1.88. The molecule has 0 aromatic carbocycles. The molecule has 0 radical (unpaired) electrons. The molecule has 0 aliphatic carbocycles. The maximum Gasteiger partial charge on any atom is 0.209 e. The van der Waals surface area contributed by atoms with Crippen LogP contribution in [0.2, 0.25) is 0 Å². The second kappa shape index (κ2) is 7.17. The topological polar surface area (TPSA) is 141 Å². The Morgan fingerprint density at radius 1 is 1.31 bits per heavy atom. The van der Waals surface area contributed by atoms with Crippen LogP contribution < -0.4 is 28.4 Å². The lowest BCUT2D eigenvalue weighted by atomic mass is 10.3. The molecule has 0 atom stereocenters. The summed E-state index contributed by atoms with van der Waals surface area (Å²) in [6.07, 6.45) is 1.83. The largest absolute Gasteiger partial charge is 0.369 e. The highest BCUT2D eigenvalue weighted by Crippen LogP contribution is 1.85. The lowest BCUT2D eigenvalue weighted by molar-refractivity contribution is 0.751. The van der Waals surface area contributed by atoms with Gasteiger partial charge in [0.05, 0.1) is 0 Å². The molecule has 0 amide bonds. The molecule has 0 aliphatic rings. The first kappa shape index (κ1) is 11.5. The average Bonchev–Trinajstić information content (AvgIpc) is 2.09. The minimum absolute atomic E-state index is 0.0832. The van der Waals surface area contributed by atoms with E-state index in [2.05, 4.69) is 15.5 Å². The van der Waals surface area contributed by atoms with E-state index in [0.717, 1.165) is 12.8 Å². The summed E-state index contributed by atoms with van der Waals surface area (Å²) in [5.74, 6) is 0.116. The van der Waals surface area contributed by atoms with Crippen LogP contribution in [0.15, 0.2) is 10.1 Å². The molecule has 0 aromatic rings. The highest BCUT2D eigenvalue weighted by atomic mass is 15.7. The van der Waals surface area contributed by atoms with Crippen LogP contribution in [-0.4, -0.2) is 25.0 Å². The van der Waals surface area contributed by atoms with Crippen LogP contribution in [-0.2, 0) is 0 Å². The fraction of sp³-hybridized carbons (Fsp3) is 0.667. The van der Waals surface area contributed by atoms with Crippen molar-refractivity contribution in [2.75, 3.05) is 13.1 Å². The van der Waals surface area contributed by atoms with E-state index in [1.807, 2.05) is 0 Å². The van der Waals surface area contributed by atoms with Gasteiger partial charge in [0.25, 0.3) is 0 Å². The third-order valence-electron chi connectivity index (χ3n) is 1.19. The summed E-state index contributed by atoms with van der Waals surface area (Å²) in [4.78, 5) is 3.94. The van der Waals surface area contributed by atoms with Crippen molar-refractivity contribution in [3.63, 3.8) is 0 Å². The number of rotatable bonds is 5. The van der Waals surface area contributed by atoms with E-state index in [-0.39, 0.29) is 11.9 Å². The zero-order chi connectivity index (χ0) is 10.1. The van der Waals surface area contributed by atoms with E-state index < -0.39 is 0 Å². The summed E-state index contributed by atoms with van der Waals surface area (Å²) in [6, 6.07) is 0. The molecule has 0 heterocycles. The fourth-order valence-electron chi connectivity index (χ4n) is 0.613. The summed E-state index contributed by atoms with van der Waals surface area (Å²) in [5.41, 5.74) is 23.2. The minimum atomic E-state index is -0.0832. The molecule has 7 nitrogen and oxygen atoms in total. The third-order valence-corrected chi connectivity index (χ3v) is 1.19. The Morgan fingerprint density at radius 2 is 2.00 bits per heavy atom. The number of hydrazone groups is 1. The molecule has 0 spiro atoms. The van der Waals surface area contributed by atoms with Crippen molar-refractivity contribution in [1.29, 1.82) is 0 Å². The van der Waals surface area contributed by atoms with Crippen LogP contribution in [0.5, 0.6) is 0 Å². The molecule has 0 rings (SSSR count). The number of hydrogen-bond donors (Lipinski definition) is 5. The second-order valence-corrected chi connectivity index (χ2v) is 2.41.